The molecule has 146 valence electrons. The molecule has 1 amide bonds. The van der Waals surface area contributed by atoms with Crippen molar-refractivity contribution in [2.75, 3.05) is 19.7 Å². The average Bonchev–Trinajstić information content (AvgIpc) is 2.95. The number of amides is 1. The summed E-state index contributed by atoms with van der Waals surface area (Å²) in [6, 6.07) is 0. The standard InChI is InChI=1S/C17H22BrN5O4/c1-16(2,3)27-15(25)22-7-5-17(6-8-22)11-10(4-9-26-17)19-14-20-13(18)21-23(14)12(11)24/h4-9H2,1-3H3,(H,19,20,21). The first-order valence-corrected chi connectivity index (χ1v) is 9.77. The van der Waals surface area contributed by atoms with E-state index in [1.165, 1.54) is 4.52 Å². The maximum absolute atomic E-state index is 13.1. The fourth-order valence-corrected chi connectivity index (χ4v) is 4.09. The Bertz CT molecular complexity index is 953. The Morgan fingerprint density at radius 3 is 2.67 bits per heavy atom. The van der Waals surface area contributed by atoms with Crippen LogP contribution in [0, 0.1) is 0 Å². The molecule has 2 aliphatic rings. The number of piperidine rings is 1. The molecule has 2 aromatic rings. The quantitative estimate of drug-likeness (QED) is 0.673. The molecular weight excluding hydrogens is 418 g/mol. The Balaban J connectivity index is 1.65. The highest BCUT2D eigenvalue weighted by atomic mass is 79.9. The van der Waals surface area contributed by atoms with Gasteiger partial charge in [-0.3, -0.25) is 9.89 Å². The van der Waals surface area contributed by atoms with Gasteiger partial charge in [0, 0.05) is 19.5 Å². The third-order valence-electron chi connectivity index (χ3n) is 4.94. The van der Waals surface area contributed by atoms with E-state index in [0.717, 1.165) is 5.69 Å². The van der Waals surface area contributed by atoms with Crippen LogP contribution in [0.25, 0.3) is 5.78 Å². The number of nitrogens with one attached hydrogen (secondary N) is 1. The van der Waals surface area contributed by atoms with Crippen molar-refractivity contribution in [1.82, 2.24) is 24.5 Å². The van der Waals surface area contributed by atoms with Crippen LogP contribution in [-0.2, 0) is 21.5 Å². The number of rotatable bonds is 0. The molecule has 4 heterocycles. The lowest BCUT2D eigenvalue weighted by Crippen LogP contribution is -2.52. The van der Waals surface area contributed by atoms with Crippen LogP contribution < -0.4 is 5.56 Å². The number of nitrogens with zero attached hydrogens (tertiary/aromatic N) is 4. The second-order valence-corrected chi connectivity index (χ2v) is 8.70. The van der Waals surface area contributed by atoms with Gasteiger partial charge >= 0.3 is 6.09 Å². The van der Waals surface area contributed by atoms with Gasteiger partial charge in [-0.1, -0.05) is 0 Å². The molecule has 10 heteroatoms. The summed E-state index contributed by atoms with van der Waals surface area (Å²) < 4.78 is 13.4. The molecule has 1 fully saturated rings. The van der Waals surface area contributed by atoms with Gasteiger partial charge < -0.3 is 14.4 Å². The van der Waals surface area contributed by atoms with Gasteiger partial charge in [0.2, 0.25) is 0 Å². The van der Waals surface area contributed by atoms with Gasteiger partial charge in [0.25, 0.3) is 11.3 Å². The summed E-state index contributed by atoms with van der Waals surface area (Å²) >= 11 is 3.25. The van der Waals surface area contributed by atoms with E-state index in [9.17, 15) is 9.59 Å². The third-order valence-corrected chi connectivity index (χ3v) is 5.29. The molecular formula is C17H22BrN5O4. The lowest BCUT2D eigenvalue weighted by atomic mass is 9.81. The number of H-pyrrole nitrogens is 1. The zero-order valence-electron chi connectivity index (χ0n) is 15.5. The topological polar surface area (TPSA) is 102 Å². The molecule has 1 spiro atoms. The van der Waals surface area contributed by atoms with Crippen molar-refractivity contribution in [2.24, 2.45) is 0 Å². The first kappa shape index (κ1) is 18.4. The number of fused-ring (bicyclic) bond motifs is 3. The number of aromatic nitrogens is 4. The molecule has 27 heavy (non-hydrogen) atoms. The SMILES string of the molecule is CC(C)(C)OC(=O)N1CCC2(CC1)OCCc1nc3nc(Br)[nH]n3c(=O)c12. The summed E-state index contributed by atoms with van der Waals surface area (Å²) in [5.74, 6) is 0.342. The van der Waals surface area contributed by atoms with E-state index in [1.54, 1.807) is 4.90 Å². The van der Waals surface area contributed by atoms with Crippen LogP contribution in [0.2, 0.25) is 0 Å². The molecule has 0 saturated carbocycles. The number of carbonyl (C=O) groups excluding carboxylic acids is 1. The zero-order chi connectivity index (χ0) is 19.4. The van der Waals surface area contributed by atoms with Crippen LogP contribution in [0.15, 0.2) is 9.53 Å². The van der Waals surface area contributed by atoms with E-state index in [4.69, 9.17) is 9.47 Å². The molecule has 0 atom stereocenters. The molecule has 4 rings (SSSR count). The maximum Gasteiger partial charge on any atom is 0.410 e. The van der Waals surface area contributed by atoms with E-state index < -0.39 is 11.2 Å². The van der Waals surface area contributed by atoms with E-state index in [1.807, 2.05) is 20.8 Å². The van der Waals surface area contributed by atoms with Gasteiger partial charge in [-0.15, -0.1) is 0 Å². The zero-order valence-corrected chi connectivity index (χ0v) is 17.1. The molecule has 1 N–H and O–H groups in total. The minimum atomic E-state index is -0.727. The number of hydrogen-bond donors (Lipinski definition) is 1. The molecule has 2 aliphatic heterocycles. The molecule has 1 saturated heterocycles. The molecule has 0 aromatic carbocycles. The van der Waals surface area contributed by atoms with E-state index in [2.05, 4.69) is 31.0 Å². The van der Waals surface area contributed by atoms with Crippen molar-refractivity contribution in [1.29, 1.82) is 0 Å². The highest BCUT2D eigenvalue weighted by Gasteiger charge is 2.45. The Kier molecular flexibility index (Phi) is 4.30. The molecule has 9 nitrogen and oxygen atoms in total. The maximum atomic E-state index is 13.1. The van der Waals surface area contributed by atoms with Gasteiger partial charge in [-0.05, 0) is 49.5 Å². The minimum absolute atomic E-state index is 0.196. The van der Waals surface area contributed by atoms with E-state index in [0.29, 0.717) is 55.0 Å². The fraction of sp³-hybridized carbons (Fsp3) is 0.647. The van der Waals surface area contributed by atoms with Gasteiger partial charge in [0.1, 0.15) is 11.2 Å². The average molecular weight is 440 g/mol. The first-order valence-electron chi connectivity index (χ1n) is 8.98. The first-order chi connectivity index (χ1) is 12.7. The predicted molar refractivity (Wildman–Crippen MR) is 99.7 cm³/mol. The summed E-state index contributed by atoms with van der Waals surface area (Å²) in [6.45, 7) is 6.95. The summed E-state index contributed by atoms with van der Waals surface area (Å²) in [7, 11) is 0. The number of carbonyl (C=O) groups is 1. The highest BCUT2D eigenvalue weighted by molar-refractivity contribution is 9.10. The molecule has 0 aliphatic carbocycles. The monoisotopic (exact) mass is 439 g/mol. The van der Waals surface area contributed by atoms with Gasteiger partial charge in [0.15, 0.2) is 4.73 Å². The van der Waals surface area contributed by atoms with Crippen molar-refractivity contribution in [2.45, 2.75) is 51.2 Å². The summed E-state index contributed by atoms with van der Waals surface area (Å²) in [5, 5.41) is 2.86. The van der Waals surface area contributed by atoms with E-state index in [-0.39, 0.29) is 11.7 Å². The normalized spacial score (nSPS) is 19.3. The number of likely N-dealkylation sites (tertiary alicyclic amines) is 1. The van der Waals surface area contributed by atoms with Crippen LogP contribution in [0.4, 0.5) is 4.79 Å². The minimum Gasteiger partial charge on any atom is -0.444 e. The summed E-state index contributed by atoms with van der Waals surface area (Å²) in [4.78, 5) is 35.9. The Morgan fingerprint density at radius 2 is 2.00 bits per heavy atom. The second kappa shape index (κ2) is 6.30. The van der Waals surface area contributed by atoms with Crippen LogP contribution in [0.3, 0.4) is 0 Å². The van der Waals surface area contributed by atoms with Crippen LogP contribution >= 0.6 is 15.9 Å². The Labute approximate surface area is 164 Å². The lowest BCUT2D eigenvalue weighted by Gasteiger charge is -2.43. The van der Waals surface area contributed by atoms with Gasteiger partial charge in [0.05, 0.1) is 17.9 Å². The van der Waals surface area contributed by atoms with Crippen LogP contribution in [0.1, 0.15) is 44.9 Å². The Morgan fingerprint density at radius 1 is 1.30 bits per heavy atom. The Hall–Kier alpha value is -1.94. The second-order valence-electron chi connectivity index (χ2n) is 7.95. The molecule has 0 radical (unpaired) electrons. The molecule has 0 bridgehead atoms. The predicted octanol–water partition coefficient (Wildman–Crippen LogP) is 1.98. The summed E-state index contributed by atoms with van der Waals surface area (Å²) in [6.07, 6.45) is 1.29. The van der Waals surface area contributed by atoms with Gasteiger partial charge in [-0.25, -0.2) is 9.78 Å². The number of aromatic amines is 1. The van der Waals surface area contributed by atoms with Crippen molar-refractivity contribution in [3.8, 4) is 0 Å². The van der Waals surface area contributed by atoms with Crippen molar-refractivity contribution in [3.05, 3.63) is 26.3 Å². The fourth-order valence-electron chi connectivity index (χ4n) is 3.76. The molecule has 2 aromatic heterocycles. The third kappa shape index (κ3) is 3.25. The van der Waals surface area contributed by atoms with Crippen LogP contribution in [-0.4, -0.2) is 55.9 Å². The number of hydrogen-bond acceptors (Lipinski definition) is 6. The van der Waals surface area contributed by atoms with Crippen molar-refractivity contribution >= 4 is 27.8 Å². The summed E-state index contributed by atoms with van der Waals surface area (Å²) in [5.41, 5.74) is -0.155. The molecule has 0 unspecified atom stereocenters. The van der Waals surface area contributed by atoms with Crippen molar-refractivity contribution < 1.29 is 14.3 Å². The largest absolute Gasteiger partial charge is 0.444 e. The van der Waals surface area contributed by atoms with E-state index >= 15 is 0 Å². The highest BCUT2D eigenvalue weighted by Crippen LogP contribution is 2.39. The van der Waals surface area contributed by atoms with Gasteiger partial charge in [-0.2, -0.15) is 9.50 Å². The smallest absolute Gasteiger partial charge is 0.410 e. The van der Waals surface area contributed by atoms with Crippen LogP contribution in [0.5, 0.6) is 0 Å². The van der Waals surface area contributed by atoms with Crippen molar-refractivity contribution in [3.63, 3.8) is 0 Å². The lowest BCUT2D eigenvalue weighted by molar-refractivity contribution is -0.0995. The number of halogens is 1. The number of ether oxygens (including phenoxy) is 2.